The van der Waals surface area contributed by atoms with Crippen LogP contribution in [0.4, 0.5) is 5.69 Å². The number of carbonyl (C=O) groups is 1. The topological polar surface area (TPSA) is 63.2 Å². The van der Waals surface area contributed by atoms with E-state index in [0.29, 0.717) is 5.75 Å². The van der Waals surface area contributed by atoms with Crippen LogP contribution in [-0.2, 0) is 4.79 Å². The Morgan fingerprint density at radius 2 is 1.81 bits per heavy atom. The van der Waals surface area contributed by atoms with Crippen molar-refractivity contribution in [2.45, 2.75) is 13.8 Å². The number of nitrogens with one attached hydrogen (secondary N) is 2. The highest BCUT2D eigenvalue weighted by atomic mass is 32.1. The predicted octanol–water partition coefficient (Wildman–Crippen LogP) is 5.47. The zero-order valence-electron chi connectivity index (χ0n) is 17.1. The van der Waals surface area contributed by atoms with Crippen molar-refractivity contribution in [1.82, 2.24) is 10.3 Å². The number of thiocarbonyl (C=S) groups is 1. The Hall–Kier alpha value is -3.29. The Kier molecular flexibility index (Phi) is 6.25. The Morgan fingerprint density at radius 3 is 2.58 bits per heavy atom. The highest BCUT2D eigenvalue weighted by Gasteiger charge is 2.09. The van der Waals surface area contributed by atoms with E-state index in [1.54, 1.807) is 11.3 Å². The van der Waals surface area contributed by atoms with E-state index in [1.807, 2.05) is 61.5 Å². The Bertz CT molecular complexity index is 1250. The van der Waals surface area contributed by atoms with Gasteiger partial charge in [0.25, 0.3) is 5.91 Å². The second kappa shape index (κ2) is 9.24. The van der Waals surface area contributed by atoms with E-state index < -0.39 is 0 Å². The van der Waals surface area contributed by atoms with E-state index in [4.69, 9.17) is 21.9 Å². The number of rotatable bonds is 5. The molecule has 2 N–H and O–H groups in total. The van der Waals surface area contributed by atoms with Gasteiger partial charge in [-0.25, -0.2) is 4.98 Å². The minimum atomic E-state index is -0.319. The molecule has 0 saturated carbocycles. The van der Waals surface area contributed by atoms with Gasteiger partial charge in [-0.15, -0.1) is 11.3 Å². The fourth-order valence-corrected chi connectivity index (χ4v) is 4.33. The van der Waals surface area contributed by atoms with Crippen molar-refractivity contribution >= 4 is 50.5 Å². The van der Waals surface area contributed by atoms with Gasteiger partial charge in [0.1, 0.15) is 10.8 Å². The molecule has 3 aromatic carbocycles. The molecule has 156 valence electrons. The van der Waals surface area contributed by atoms with E-state index in [9.17, 15) is 4.79 Å². The number of hydrogen-bond acceptors (Lipinski definition) is 5. The predicted molar refractivity (Wildman–Crippen MR) is 131 cm³/mol. The lowest BCUT2D eigenvalue weighted by Gasteiger charge is -2.11. The standard InChI is InChI=1S/C24H21N3O2S2/c1-15-4-3-5-19(12-15)29-14-22(28)27-24(30)25-18-9-7-17(8-10-18)23-26-20-11-6-16(2)13-21(20)31-23/h3-13H,14H2,1-2H3,(H2,25,27,28,30). The highest BCUT2D eigenvalue weighted by Crippen LogP contribution is 2.31. The Morgan fingerprint density at radius 1 is 1.03 bits per heavy atom. The summed E-state index contributed by atoms with van der Waals surface area (Å²) in [4.78, 5) is 16.8. The fourth-order valence-electron chi connectivity index (χ4n) is 3.03. The first-order valence-electron chi connectivity index (χ1n) is 9.74. The van der Waals surface area contributed by atoms with Gasteiger partial charge in [0.15, 0.2) is 11.7 Å². The van der Waals surface area contributed by atoms with Gasteiger partial charge in [-0.1, -0.05) is 18.2 Å². The van der Waals surface area contributed by atoms with Crippen LogP contribution in [0.3, 0.4) is 0 Å². The largest absolute Gasteiger partial charge is 0.484 e. The first kappa shape index (κ1) is 21.0. The number of amides is 1. The molecule has 0 saturated heterocycles. The summed E-state index contributed by atoms with van der Waals surface area (Å²) in [6.45, 7) is 3.94. The minimum Gasteiger partial charge on any atom is -0.484 e. The maximum atomic E-state index is 12.1. The van der Waals surface area contributed by atoms with Crippen LogP contribution in [-0.4, -0.2) is 22.6 Å². The van der Waals surface area contributed by atoms with E-state index in [2.05, 4.69) is 29.7 Å². The van der Waals surface area contributed by atoms with Crippen molar-refractivity contribution in [3.63, 3.8) is 0 Å². The zero-order valence-corrected chi connectivity index (χ0v) is 18.8. The molecule has 1 amide bonds. The van der Waals surface area contributed by atoms with E-state index in [1.165, 1.54) is 10.3 Å². The van der Waals surface area contributed by atoms with Gasteiger partial charge in [-0.05, 0) is 85.7 Å². The number of anilines is 1. The summed E-state index contributed by atoms with van der Waals surface area (Å²) in [5, 5.41) is 6.84. The molecule has 0 spiro atoms. The monoisotopic (exact) mass is 447 g/mol. The van der Waals surface area contributed by atoms with Crippen molar-refractivity contribution in [2.75, 3.05) is 11.9 Å². The SMILES string of the molecule is Cc1cccc(OCC(=O)NC(=S)Nc2ccc(-c3nc4ccc(C)cc4s3)cc2)c1. The molecule has 1 heterocycles. The number of thiazole rings is 1. The van der Waals surface area contributed by atoms with Crippen LogP contribution in [0, 0.1) is 13.8 Å². The third kappa shape index (κ3) is 5.45. The van der Waals surface area contributed by atoms with Gasteiger partial charge < -0.3 is 10.1 Å². The average Bonchev–Trinajstić information content (AvgIpc) is 3.16. The van der Waals surface area contributed by atoms with E-state index in [0.717, 1.165) is 27.3 Å². The zero-order chi connectivity index (χ0) is 21.8. The molecule has 1 aromatic heterocycles. The number of benzene rings is 3. The fraction of sp³-hybridized carbons (Fsp3) is 0.125. The van der Waals surface area contributed by atoms with Crippen LogP contribution in [0.2, 0.25) is 0 Å². The maximum absolute atomic E-state index is 12.1. The van der Waals surface area contributed by atoms with Gasteiger partial charge in [-0.3, -0.25) is 10.1 Å². The molecule has 7 heteroatoms. The summed E-state index contributed by atoms with van der Waals surface area (Å²) in [6.07, 6.45) is 0. The summed E-state index contributed by atoms with van der Waals surface area (Å²) in [7, 11) is 0. The molecule has 0 atom stereocenters. The number of carbonyl (C=O) groups excluding carboxylic acids is 1. The molecule has 0 aliphatic carbocycles. The quantitative estimate of drug-likeness (QED) is 0.397. The summed E-state index contributed by atoms with van der Waals surface area (Å²) >= 11 is 6.91. The highest BCUT2D eigenvalue weighted by molar-refractivity contribution is 7.80. The second-order valence-corrected chi connectivity index (χ2v) is 8.61. The van der Waals surface area contributed by atoms with Gasteiger partial charge in [-0.2, -0.15) is 0 Å². The average molecular weight is 448 g/mol. The van der Waals surface area contributed by atoms with Gasteiger partial charge in [0.2, 0.25) is 0 Å². The maximum Gasteiger partial charge on any atom is 0.264 e. The first-order valence-corrected chi connectivity index (χ1v) is 11.0. The number of aryl methyl sites for hydroxylation is 2. The minimum absolute atomic E-state index is 0.110. The molecular formula is C24H21N3O2S2. The molecule has 4 rings (SSSR count). The van der Waals surface area contributed by atoms with Crippen molar-refractivity contribution < 1.29 is 9.53 Å². The van der Waals surface area contributed by atoms with Crippen LogP contribution in [0.5, 0.6) is 5.75 Å². The number of fused-ring (bicyclic) bond motifs is 1. The number of nitrogens with zero attached hydrogens (tertiary/aromatic N) is 1. The van der Waals surface area contributed by atoms with Crippen LogP contribution in [0.1, 0.15) is 11.1 Å². The van der Waals surface area contributed by atoms with Crippen molar-refractivity contribution in [3.8, 4) is 16.3 Å². The molecule has 0 bridgehead atoms. The van der Waals surface area contributed by atoms with Crippen LogP contribution in [0.15, 0.2) is 66.7 Å². The van der Waals surface area contributed by atoms with E-state index in [-0.39, 0.29) is 17.6 Å². The molecule has 4 aromatic rings. The Balaban J connectivity index is 1.32. The summed E-state index contributed by atoms with van der Waals surface area (Å²) in [5.41, 5.74) is 5.11. The third-order valence-electron chi connectivity index (χ3n) is 4.55. The molecular weight excluding hydrogens is 426 g/mol. The van der Waals surface area contributed by atoms with Crippen molar-refractivity contribution in [1.29, 1.82) is 0 Å². The van der Waals surface area contributed by atoms with E-state index >= 15 is 0 Å². The first-order chi connectivity index (χ1) is 15.0. The smallest absolute Gasteiger partial charge is 0.264 e. The number of ether oxygens (including phenoxy) is 1. The van der Waals surface area contributed by atoms with Crippen LogP contribution < -0.4 is 15.4 Å². The molecule has 31 heavy (non-hydrogen) atoms. The molecule has 0 unspecified atom stereocenters. The third-order valence-corrected chi connectivity index (χ3v) is 5.82. The summed E-state index contributed by atoms with van der Waals surface area (Å²) < 4.78 is 6.67. The van der Waals surface area contributed by atoms with Gasteiger partial charge in [0.05, 0.1) is 10.2 Å². The van der Waals surface area contributed by atoms with Crippen LogP contribution >= 0.6 is 23.6 Å². The molecule has 0 aliphatic rings. The van der Waals surface area contributed by atoms with Crippen LogP contribution in [0.25, 0.3) is 20.8 Å². The van der Waals surface area contributed by atoms with Crippen molar-refractivity contribution in [2.24, 2.45) is 0 Å². The van der Waals surface area contributed by atoms with Gasteiger partial charge in [0, 0.05) is 11.3 Å². The lowest BCUT2D eigenvalue weighted by Crippen LogP contribution is -2.37. The van der Waals surface area contributed by atoms with Crippen molar-refractivity contribution in [3.05, 3.63) is 77.9 Å². The molecule has 5 nitrogen and oxygen atoms in total. The normalized spacial score (nSPS) is 10.6. The lowest BCUT2D eigenvalue weighted by molar-refractivity contribution is -0.121. The lowest BCUT2D eigenvalue weighted by atomic mass is 10.2. The van der Waals surface area contributed by atoms with Gasteiger partial charge >= 0.3 is 0 Å². The summed E-state index contributed by atoms with van der Waals surface area (Å²) in [5.74, 6) is 0.329. The number of hydrogen-bond donors (Lipinski definition) is 2. The molecule has 0 aliphatic heterocycles. The molecule has 0 radical (unpaired) electrons. The second-order valence-electron chi connectivity index (χ2n) is 7.18. The summed E-state index contributed by atoms with van der Waals surface area (Å²) in [6, 6.07) is 21.6. The molecule has 0 fully saturated rings. The Labute approximate surface area is 190 Å². The number of aromatic nitrogens is 1.